The topological polar surface area (TPSA) is 55.8 Å². The number of ether oxygens (including phenoxy) is 2. The zero-order chi connectivity index (χ0) is 15.8. The van der Waals surface area contributed by atoms with E-state index < -0.39 is 14.8 Å². The van der Waals surface area contributed by atoms with Gasteiger partial charge in [0, 0.05) is 20.4 Å². The SMILES string of the molecule is CC(CC(=O)O)c1ccc(OCOCC[SiH](C)C)cc1Cl. The number of hydrogen-bond donors (Lipinski definition) is 1. The number of hydrogen-bond acceptors (Lipinski definition) is 3. The highest BCUT2D eigenvalue weighted by molar-refractivity contribution is 6.55. The van der Waals surface area contributed by atoms with Gasteiger partial charge in [-0.25, -0.2) is 0 Å². The Labute approximate surface area is 132 Å². The number of benzene rings is 1. The molecule has 0 saturated carbocycles. The molecule has 0 aromatic heterocycles. The van der Waals surface area contributed by atoms with Crippen LogP contribution in [0.15, 0.2) is 18.2 Å². The Morgan fingerprint density at radius 3 is 2.71 bits per heavy atom. The fraction of sp³-hybridized carbons (Fsp3) is 0.533. The second-order valence-corrected chi connectivity index (χ2v) is 9.31. The van der Waals surface area contributed by atoms with Crippen LogP contribution in [0.3, 0.4) is 0 Å². The minimum absolute atomic E-state index is 0.0577. The van der Waals surface area contributed by atoms with Crippen molar-refractivity contribution in [3.63, 3.8) is 0 Å². The molecule has 0 bridgehead atoms. The van der Waals surface area contributed by atoms with Crippen LogP contribution in [0.5, 0.6) is 5.75 Å². The maximum Gasteiger partial charge on any atom is 0.303 e. The molecule has 1 unspecified atom stereocenters. The second-order valence-electron chi connectivity index (χ2n) is 5.54. The van der Waals surface area contributed by atoms with Gasteiger partial charge in [-0.3, -0.25) is 4.79 Å². The van der Waals surface area contributed by atoms with Crippen LogP contribution >= 0.6 is 11.6 Å². The summed E-state index contributed by atoms with van der Waals surface area (Å²) in [5, 5.41) is 9.34. The summed E-state index contributed by atoms with van der Waals surface area (Å²) in [6, 6.07) is 6.44. The first kappa shape index (κ1) is 18.0. The van der Waals surface area contributed by atoms with Crippen molar-refractivity contribution in [2.75, 3.05) is 13.4 Å². The molecular formula is C15H23ClO4Si. The second kappa shape index (κ2) is 9.07. The highest BCUT2D eigenvalue weighted by Crippen LogP contribution is 2.30. The van der Waals surface area contributed by atoms with Crippen molar-refractivity contribution in [1.82, 2.24) is 0 Å². The molecule has 1 aromatic rings. The number of aliphatic carboxylic acids is 1. The largest absolute Gasteiger partial charge is 0.481 e. The van der Waals surface area contributed by atoms with Crippen molar-refractivity contribution in [2.24, 2.45) is 0 Å². The van der Waals surface area contributed by atoms with Crippen LogP contribution in [0.2, 0.25) is 24.2 Å². The third-order valence-corrected chi connectivity index (χ3v) is 4.85. The minimum atomic E-state index is -0.832. The van der Waals surface area contributed by atoms with E-state index in [1.807, 2.05) is 13.0 Å². The molecule has 0 radical (unpaired) electrons. The molecular weight excluding hydrogens is 308 g/mol. The molecule has 0 spiro atoms. The molecule has 1 atom stereocenters. The normalized spacial score (nSPS) is 12.4. The highest BCUT2D eigenvalue weighted by Gasteiger charge is 2.14. The van der Waals surface area contributed by atoms with Gasteiger partial charge in [0.25, 0.3) is 0 Å². The molecule has 118 valence electrons. The van der Waals surface area contributed by atoms with E-state index >= 15 is 0 Å². The smallest absolute Gasteiger partial charge is 0.303 e. The standard InChI is InChI=1S/C15H23ClO4Si/c1-11(8-15(17)18)13-5-4-12(9-14(13)16)20-10-19-6-7-21(2)3/h4-5,9,11,21H,6-8,10H2,1-3H3,(H,17,18). The molecule has 6 heteroatoms. The van der Waals surface area contributed by atoms with Gasteiger partial charge >= 0.3 is 5.97 Å². The lowest BCUT2D eigenvalue weighted by Gasteiger charge is -2.13. The van der Waals surface area contributed by atoms with Crippen LogP contribution in [-0.4, -0.2) is 33.3 Å². The predicted octanol–water partition coefficient (Wildman–Crippen LogP) is 3.76. The van der Waals surface area contributed by atoms with Gasteiger partial charge in [0.1, 0.15) is 5.75 Å². The van der Waals surface area contributed by atoms with E-state index in [4.69, 9.17) is 26.2 Å². The molecule has 0 aliphatic heterocycles. The van der Waals surface area contributed by atoms with Crippen molar-refractivity contribution >= 4 is 26.4 Å². The van der Waals surface area contributed by atoms with Crippen LogP contribution < -0.4 is 4.74 Å². The summed E-state index contributed by atoms with van der Waals surface area (Å²) >= 11 is 6.18. The number of halogens is 1. The monoisotopic (exact) mass is 330 g/mol. The van der Waals surface area contributed by atoms with Crippen LogP contribution in [-0.2, 0) is 9.53 Å². The summed E-state index contributed by atoms with van der Waals surface area (Å²) in [6.45, 7) is 7.34. The Hall–Kier alpha value is -1.04. The average Bonchev–Trinajstić information content (AvgIpc) is 2.37. The van der Waals surface area contributed by atoms with Gasteiger partial charge in [0.05, 0.1) is 6.42 Å². The molecule has 21 heavy (non-hydrogen) atoms. The van der Waals surface area contributed by atoms with E-state index in [1.165, 1.54) is 0 Å². The minimum Gasteiger partial charge on any atom is -0.481 e. The molecule has 1 aromatic carbocycles. The van der Waals surface area contributed by atoms with E-state index in [-0.39, 0.29) is 19.1 Å². The van der Waals surface area contributed by atoms with E-state index in [0.717, 1.165) is 18.2 Å². The van der Waals surface area contributed by atoms with E-state index in [1.54, 1.807) is 12.1 Å². The lowest BCUT2D eigenvalue weighted by Crippen LogP contribution is -2.09. The number of carbonyl (C=O) groups is 1. The van der Waals surface area contributed by atoms with Gasteiger partial charge in [-0.05, 0) is 29.7 Å². The first-order valence-corrected chi connectivity index (χ1v) is 10.6. The summed E-state index contributed by atoms with van der Waals surface area (Å²) < 4.78 is 10.9. The Balaban J connectivity index is 2.48. The fourth-order valence-electron chi connectivity index (χ4n) is 1.86. The lowest BCUT2D eigenvalue weighted by molar-refractivity contribution is -0.137. The molecule has 0 heterocycles. The molecule has 0 aliphatic rings. The maximum absolute atomic E-state index is 10.7. The molecule has 1 rings (SSSR count). The van der Waals surface area contributed by atoms with Crippen molar-refractivity contribution in [1.29, 1.82) is 0 Å². The summed E-state index contributed by atoms with van der Waals surface area (Å²) in [6.07, 6.45) is 0.0577. The predicted molar refractivity (Wildman–Crippen MR) is 87.3 cm³/mol. The van der Waals surface area contributed by atoms with Gasteiger partial charge in [-0.15, -0.1) is 0 Å². The Morgan fingerprint density at radius 1 is 1.43 bits per heavy atom. The zero-order valence-corrected chi connectivity index (χ0v) is 14.7. The van der Waals surface area contributed by atoms with Gasteiger partial charge in [0.15, 0.2) is 6.79 Å². The first-order valence-electron chi connectivity index (χ1n) is 7.12. The van der Waals surface area contributed by atoms with Crippen LogP contribution in [0.1, 0.15) is 24.8 Å². The summed E-state index contributed by atoms with van der Waals surface area (Å²) in [7, 11) is -0.575. The summed E-state index contributed by atoms with van der Waals surface area (Å²) in [5.74, 6) is -0.328. The van der Waals surface area contributed by atoms with E-state index in [2.05, 4.69) is 13.1 Å². The third kappa shape index (κ3) is 6.97. The van der Waals surface area contributed by atoms with Crippen molar-refractivity contribution in [2.45, 2.75) is 38.4 Å². The van der Waals surface area contributed by atoms with E-state index in [0.29, 0.717) is 10.8 Å². The summed E-state index contributed by atoms with van der Waals surface area (Å²) in [4.78, 5) is 10.7. The molecule has 4 nitrogen and oxygen atoms in total. The molecule has 0 saturated heterocycles. The number of carboxylic acid groups (broad SMARTS) is 1. The molecule has 0 fully saturated rings. The number of carboxylic acids is 1. The van der Waals surface area contributed by atoms with Crippen molar-refractivity contribution in [3.8, 4) is 5.75 Å². The van der Waals surface area contributed by atoms with Crippen LogP contribution in [0.25, 0.3) is 0 Å². The molecule has 0 aliphatic carbocycles. The summed E-state index contributed by atoms with van der Waals surface area (Å²) in [5.41, 5.74) is 0.818. The van der Waals surface area contributed by atoms with Crippen LogP contribution in [0.4, 0.5) is 0 Å². The maximum atomic E-state index is 10.7. The van der Waals surface area contributed by atoms with Crippen LogP contribution in [0, 0.1) is 0 Å². The Bertz CT molecular complexity index is 465. The molecule has 0 amide bonds. The van der Waals surface area contributed by atoms with Gasteiger partial charge < -0.3 is 14.6 Å². The van der Waals surface area contributed by atoms with Crippen molar-refractivity contribution in [3.05, 3.63) is 28.8 Å². The van der Waals surface area contributed by atoms with Crippen molar-refractivity contribution < 1.29 is 19.4 Å². The lowest BCUT2D eigenvalue weighted by atomic mass is 9.98. The third-order valence-electron chi connectivity index (χ3n) is 3.13. The van der Waals surface area contributed by atoms with Gasteiger partial charge in [-0.2, -0.15) is 0 Å². The zero-order valence-electron chi connectivity index (χ0n) is 12.8. The Kier molecular flexibility index (Phi) is 7.78. The quantitative estimate of drug-likeness (QED) is 0.425. The van der Waals surface area contributed by atoms with Gasteiger partial charge in [-0.1, -0.05) is 37.7 Å². The number of rotatable bonds is 9. The molecule has 1 N–H and O–H groups in total. The van der Waals surface area contributed by atoms with Gasteiger partial charge in [0.2, 0.25) is 0 Å². The highest BCUT2D eigenvalue weighted by atomic mass is 35.5. The average molecular weight is 331 g/mol. The first-order chi connectivity index (χ1) is 9.90. The van der Waals surface area contributed by atoms with E-state index in [9.17, 15) is 4.79 Å². The fourth-order valence-corrected chi connectivity index (χ4v) is 2.85. The Morgan fingerprint density at radius 2 is 2.14 bits per heavy atom.